The van der Waals surface area contributed by atoms with Gasteiger partial charge in [-0.3, -0.25) is 24.6 Å². The summed E-state index contributed by atoms with van der Waals surface area (Å²) in [6.45, 7) is 0.308. The minimum atomic E-state index is -1.07. The lowest BCUT2D eigenvalue weighted by Crippen LogP contribution is -2.65. The van der Waals surface area contributed by atoms with E-state index in [0.717, 1.165) is 15.6 Å². The van der Waals surface area contributed by atoms with Gasteiger partial charge >= 0.3 is 12.0 Å². The van der Waals surface area contributed by atoms with Gasteiger partial charge in [-0.25, -0.2) is 19.8 Å². The molecule has 3 aliphatic heterocycles. The average Bonchev–Trinajstić information content (AvgIpc) is 3.26. The van der Waals surface area contributed by atoms with E-state index in [2.05, 4.69) is 10.7 Å². The summed E-state index contributed by atoms with van der Waals surface area (Å²) in [4.78, 5) is 64.8. The molecule has 3 fully saturated rings. The first kappa shape index (κ1) is 26.9. The maximum absolute atomic E-state index is 13.6. The summed E-state index contributed by atoms with van der Waals surface area (Å²) in [6, 6.07) is 12.1. The van der Waals surface area contributed by atoms with Crippen molar-refractivity contribution in [2.75, 3.05) is 13.1 Å². The van der Waals surface area contributed by atoms with E-state index >= 15 is 0 Å². The zero-order chi connectivity index (χ0) is 28.2. The van der Waals surface area contributed by atoms with Gasteiger partial charge in [0.25, 0.3) is 5.91 Å². The van der Waals surface area contributed by atoms with Crippen molar-refractivity contribution in [1.82, 2.24) is 25.8 Å². The van der Waals surface area contributed by atoms with E-state index in [-0.39, 0.29) is 56.2 Å². The van der Waals surface area contributed by atoms with Crippen molar-refractivity contribution in [3.63, 3.8) is 0 Å². The van der Waals surface area contributed by atoms with Gasteiger partial charge in [-0.15, -0.1) is 0 Å². The number of phenols is 1. The number of nitrogens with zero attached hydrogens (tertiary/aromatic N) is 3. The summed E-state index contributed by atoms with van der Waals surface area (Å²) < 4.78 is 11.0. The van der Waals surface area contributed by atoms with E-state index in [4.69, 9.17) is 9.47 Å². The first-order valence-electron chi connectivity index (χ1n) is 13.0. The van der Waals surface area contributed by atoms with Crippen molar-refractivity contribution >= 4 is 29.7 Å². The van der Waals surface area contributed by atoms with Crippen LogP contribution in [0.4, 0.5) is 4.79 Å². The molecule has 0 aliphatic carbocycles. The van der Waals surface area contributed by atoms with Crippen LogP contribution in [-0.2, 0) is 30.5 Å². The van der Waals surface area contributed by atoms with Crippen LogP contribution in [-0.4, -0.2) is 81.3 Å². The lowest BCUT2D eigenvalue weighted by molar-refractivity contribution is -0.169. The van der Waals surface area contributed by atoms with Crippen LogP contribution in [0, 0.1) is 0 Å². The molecule has 2 aromatic rings. The smallest absolute Gasteiger partial charge is 0.358 e. The molecule has 0 aromatic heterocycles. The SMILES string of the molecule is O=C1CC(NC(=O)C2CCCN3C(=O)CCN(NC(=O)c4ccc(O)cc4)C(=O)N23)C(OCc2ccccc2)O1. The number of ether oxygens (including phenoxy) is 2. The molecule has 3 heterocycles. The van der Waals surface area contributed by atoms with Gasteiger partial charge in [0.1, 0.15) is 17.8 Å². The highest BCUT2D eigenvalue weighted by Gasteiger charge is 2.46. The third kappa shape index (κ3) is 5.83. The summed E-state index contributed by atoms with van der Waals surface area (Å²) >= 11 is 0. The van der Waals surface area contributed by atoms with Crippen LogP contribution in [0.5, 0.6) is 5.75 Å². The Morgan fingerprint density at radius 2 is 1.77 bits per heavy atom. The molecule has 3 atom stereocenters. The molecule has 13 nitrogen and oxygen atoms in total. The first-order chi connectivity index (χ1) is 19.3. The van der Waals surface area contributed by atoms with Crippen LogP contribution in [0.2, 0.25) is 0 Å². The quantitative estimate of drug-likeness (QED) is 0.431. The largest absolute Gasteiger partial charge is 0.508 e. The highest BCUT2D eigenvalue weighted by atomic mass is 16.7. The number of esters is 1. The van der Waals surface area contributed by atoms with Crippen LogP contribution in [0.25, 0.3) is 0 Å². The number of nitrogens with one attached hydrogen (secondary N) is 2. The zero-order valence-electron chi connectivity index (χ0n) is 21.5. The average molecular weight is 552 g/mol. The monoisotopic (exact) mass is 551 g/mol. The lowest BCUT2D eigenvalue weighted by Gasteiger charge is -2.43. The van der Waals surface area contributed by atoms with E-state index < -0.39 is 42.2 Å². The molecule has 0 saturated carbocycles. The van der Waals surface area contributed by atoms with E-state index in [0.29, 0.717) is 6.42 Å². The fourth-order valence-corrected chi connectivity index (χ4v) is 4.85. The Labute approximate surface area is 229 Å². The molecule has 0 radical (unpaired) electrons. The number of hydrogen-bond donors (Lipinski definition) is 3. The normalized spacial score (nSPS) is 22.9. The fraction of sp³-hybridized carbons (Fsp3) is 0.370. The Morgan fingerprint density at radius 1 is 1.02 bits per heavy atom. The fourth-order valence-electron chi connectivity index (χ4n) is 4.85. The van der Waals surface area contributed by atoms with Crippen LogP contribution >= 0.6 is 0 Å². The Balaban J connectivity index is 1.29. The molecule has 5 amide bonds. The third-order valence-corrected chi connectivity index (χ3v) is 6.88. The molecular formula is C27H29N5O8. The summed E-state index contributed by atoms with van der Waals surface area (Å²) in [5, 5.41) is 15.6. The van der Waals surface area contributed by atoms with Gasteiger partial charge in [-0.05, 0) is 42.7 Å². The second-order valence-corrected chi connectivity index (χ2v) is 9.67. The van der Waals surface area contributed by atoms with Gasteiger partial charge in [0, 0.05) is 18.5 Å². The number of carbonyl (C=O) groups excluding carboxylic acids is 5. The van der Waals surface area contributed by atoms with Crippen LogP contribution < -0.4 is 10.7 Å². The van der Waals surface area contributed by atoms with Gasteiger partial charge < -0.3 is 19.9 Å². The number of benzene rings is 2. The number of fused-ring (bicyclic) bond motifs is 1. The molecule has 0 spiro atoms. The van der Waals surface area contributed by atoms with Crippen molar-refractivity contribution in [3.8, 4) is 5.75 Å². The van der Waals surface area contributed by atoms with Crippen molar-refractivity contribution in [2.45, 2.75) is 50.7 Å². The van der Waals surface area contributed by atoms with Crippen LogP contribution in [0.3, 0.4) is 0 Å². The molecule has 3 saturated heterocycles. The minimum Gasteiger partial charge on any atom is -0.508 e. The van der Waals surface area contributed by atoms with Gasteiger partial charge in [0.15, 0.2) is 0 Å². The molecule has 13 heteroatoms. The predicted molar refractivity (Wildman–Crippen MR) is 137 cm³/mol. The Morgan fingerprint density at radius 3 is 2.52 bits per heavy atom. The molecule has 3 aliphatic rings. The molecule has 0 bridgehead atoms. The Hall–Kier alpha value is -4.65. The zero-order valence-corrected chi connectivity index (χ0v) is 21.5. The number of urea groups is 1. The molecule has 3 unspecified atom stereocenters. The number of phenolic OH excluding ortho intramolecular Hbond substituents is 1. The van der Waals surface area contributed by atoms with Gasteiger partial charge in [-0.2, -0.15) is 0 Å². The maximum atomic E-state index is 13.6. The van der Waals surface area contributed by atoms with E-state index in [1.807, 2.05) is 30.3 Å². The Kier molecular flexibility index (Phi) is 7.82. The topological polar surface area (TPSA) is 158 Å². The molecular weight excluding hydrogens is 522 g/mol. The van der Waals surface area contributed by atoms with Gasteiger partial charge in [-0.1, -0.05) is 30.3 Å². The predicted octanol–water partition coefficient (Wildman–Crippen LogP) is 1.05. The van der Waals surface area contributed by atoms with E-state index in [1.165, 1.54) is 29.3 Å². The second kappa shape index (κ2) is 11.6. The number of aromatic hydroxyl groups is 1. The Bertz CT molecular complexity index is 1290. The van der Waals surface area contributed by atoms with E-state index in [1.54, 1.807) is 0 Å². The van der Waals surface area contributed by atoms with Crippen molar-refractivity contribution in [3.05, 3.63) is 65.7 Å². The highest BCUT2D eigenvalue weighted by Crippen LogP contribution is 2.25. The van der Waals surface area contributed by atoms with Crippen LogP contribution in [0.1, 0.15) is 41.6 Å². The van der Waals surface area contributed by atoms with Gasteiger partial charge in [0.2, 0.25) is 18.1 Å². The number of hydrazine groups is 2. The molecule has 5 rings (SSSR count). The first-order valence-corrected chi connectivity index (χ1v) is 13.0. The standard InChI is InChI=1S/C27H29N5O8/c33-19-10-8-18(9-11-19)24(36)29-30-14-12-22(34)31-13-4-7-21(32(31)27(30)38)25(37)28-20-15-23(35)40-26(20)39-16-17-5-2-1-3-6-17/h1-3,5-6,8-11,20-21,26,33H,4,7,12-16H2,(H,28,37)(H,29,36). The highest BCUT2D eigenvalue weighted by molar-refractivity contribution is 5.96. The summed E-state index contributed by atoms with van der Waals surface area (Å²) in [5.74, 6) is -2.11. The lowest BCUT2D eigenvalue weighted by atomic mass is 10.1. The minimum absolute atomic E-state index is 0.0205. The van der Waals surface area contributed by atoms with Gasteiger partial charge in [0.05, 0.1) is 19.6 Å². The molecule has 3 N–H and O–H groups in total. The molecule has 40 heavy (non-hydrogen) atoms. The molecule has 210 valence electrons. The molecule has 2 aromatic carbocycles. The summed E-state index contributed by atoms with van der Waals surface area (Å²) in [7, 11) is 0. The van der Waals surface area contributed by atoms with E-state index in [9.17, 15) is 29.1 Å². The summed E-state index contributed by atoms with van der Waals surface area (Å²) in [6.07, 6.45) is -0.450. The van der Waals surface area contributed by atoms with Crippen molar-refractivity contribution in [1.29, 1.82) is 0 Å². The van der Waals surface area contributed by atoms with Crippen LogP contribution in [0.15, 0.2) is 54.6 Å². The number of hydrogen-bond acceptors (Lipinski definition) is 8. The number of carbonyl (C=O) groups is 5. The van der Waals surface area contributed by atoms with Crippen molar-refractivity contribution in [2.24, 2.45) is 0 Å². The number of amides is 5. The second-order valence-electron chi connectivity index (χ2n) is 9.67. The summed E-state index contributed by atoms with van der Waals surface area (Å²) in [5.41, 5.74) is 3.56. The third-order valence-electron chi connectivity index (χ3n) is 6.88. The maximum Gasteiger partial charge on any atom is 0.358 e. The van der Waals surface area contributed by atoms with Crippen molar-refractivity contribution < 1.29 is 38.6 Å². The number of rotatable bonds is 7. The number of cyclic esters (lactones) is 1.